The number of hydrogen-bond acceptors (Lipinski definition) is 3. The van der Waals surface area contributed by atoms with Gasteiger partial charge in [0.1, 0.15) is 0 Å². The van der Waals surface area contributed by atoms with Crippen molar-refractivity contribution in [1.29, 1.82) is 0 Å². The minimum Gasteiger partial charge on any atom is -0.619 e. The molecule has 1 aliphatic heterocycles. The Bertz CT molecular complexity index is 349. The number of hydrogen-bond donors (Lipinski definition) is 1. The van der Waals surface area contributed by atoms with Gasteiger partial charge in [-0.25, -0.2) is 0 Å². The van der Waals surface area contributed by atoms with E-state index in [2.05, 4.69) is 4.90 Å². The normalized spacial score (nSPS) is 20.9. The third-order valence-corrected chi connectivity index (χ3v) is 3.13. The third-order valence-electron chi connectivity index (χ3n) is 3.13. The number of aliphatic hydroxyl groups is 1. The van der Waals surface area contributed by atoms with Crippen molar-refractivity contribution < 1.29 is 9.84 Å². The molecule has 2 rings (SSSR count). The molecule has 0 amide bonds. The predicted octanol–water partition coefficient (Wildman–Crippen LogP) is 0.838. The lowest BCUT2D eigenvalue weighted by Crippen LogP contribution is -2.35. The summed E-state index contributed by atoms with van der Waals surface area (Å²) >= 11 is 0. The average Bonchev–Trinajstić information content (AvgIpc) is 2.71. The van der Waals surface area contributed by atoms with Crippen molar-refractivity contribution in [2.24, 2.45) is 0 Å². The zero-order valence-corrected chi connectivity index (χ0v) is 9.54. The van der Waals surface area contributed by atoms with E-state index in [1.165, 1.54) is 19.0 Å². The molecule has 1 N–H and O–H groups in total. The summed E-state index contributed by atoms with van der Waals surface area (Å²) in [6.07, 6.45) is 4.91. The molecule has 16 heavy (non-hydrogen) atoms. The fraction of sp³-hybridized carbons (Fsp3) is 0.583. The van der Waals surface area contributed by atoms with Gasteiger partial charge in [0.2, 0.25) is 0 Å². The number of pyridine rings is 1. The molecule has 2 heterocycles. The fourth-order valence-electron chi connectivity index (χ4n) is 2.46. The van der Waals surface area contributed by atoms with Gasteiger partial charge in [-0.15, -0.1) is 0 Å². The number of likely N-dealkylation sites (tertiary alicyclic amines) is 1. The molecule has 1 aliphatic rings. The fourth-order valence-corrected chi connectivity index (χ4v) is 2.46. The van der Waals surface area contributed by atoms with Gasteiger partial charge in [-0.2, -0.15) is 4.73 Å². The van der Waals surface area contributed by atoms with Crippen LogP contribution in [0.4, 0.5) is 0 Å². The van der Waals surface area contributed by atoms with Crippen molar-refractivity contribution in [3.8, 4) is 0 Å². The Kier molecular flexibility index (Phi) is 3.41. The summed E-state index contributed by atoms with van der Waals surface area (Å²) in [5.74, 6) is 0. The van der Waals surface area contributed by atoms with Crippen molar-refractivity contribution in [2.45, 2.75) is 31.9 Å². The summed E-state index contributed by atoms with van der Waals surface area (Å²) in [7, 11) is 0. The van der Waals surface area contributed by atoms with E-state index in [0.29, 0.717) is 0 Å². The molecule has 0 aliphatic carbocycles. The highest BCUT2D eigenvalue weighted by Gasteiger charge is 2.28. The van der Waals surface area contributed by atoms with Crippen molar-refractivity contribution in [3.05, 3.63) is 35.3 Å². The van der Waals surface area contributed by atoms with Gasteiger partial charge in [-0.05, 0) is 38.9 Å². The highest BCUT2D eigenvalue weighted by atomic mass is 16.5. The zero-order chi connectivity index (χ0) is 11.5. The first-order valence-corrected chi connectivity index (χ1v) is 5.79. The maximum atomic E-state index is 11.2. The Hall–Kier alpha value is -1.13. The predicted molar refractivity (Wildman–Crippen MR) is 60.6 cm³/mol. The minimum atomic E-state index is -0.458. The summed E-state index contributed by atoms with van der Waals surface area (Å²) in [6.45, 7) is 3.79. The van der Waals surface area contributed by atoms with Gasteiger partial charge in [-0.1, -0.05) is 0 Å². The van der Waals surface area contributed by atoms with E-state index >= 15 is 0 Å². The van der Waals surface area contributed by atoms with Crippen LogP contribution in [-0.4, -0.2) is 29.2 Å². The van der Waals surface area contributed by atoms with Crippen LogP contribution >= 0.6 is 0 Å². The zero-order valence-electron chi connectivity index (χ0n) is 9.54. The Labute approximate surface area is 95.7 Å². The lowest BCUT2D eigenvalue weighted by molar-refractivity contribution is -0.606. The first-order valence-electron chi connectivity index (χ1n) is 5.79. The summed E-state index contributed by atoms with van der Waals surface area (Å²) < 4.78 is 0.792. The molecular formula is C12H18N2O2. The lowest BCUT2D eigenvalue weighted by Gasteiger charge is -2.29. The second-order valence-corrected chi connectivity index (χ2v) is 4.43. The molecule has 0 unspecified atom stereocenters. The van der Waals surface area contributed by atoms with E-state index in [1.807, 2.05) is 6.07 Å². The summed E-state index contributed by atoms with van der Waals surface area (Å²) in [6, 6.07) is 3.58. The van der Waals surface area contributed by atoms with Gasteiger partial charge in [-0.3, -0.25) is 4.90 Å². The highest BCUT2D eigenvalue weighted by molar-refractivity contribution is 5.13. The van der Waals surface area contributed by atoms with Gasteiger partial charge in [0.15, 0.2) is 12.4 Å². The van der Waals surface area contributed by atoms with Crippen LogP contribution in [-0.2, 0) is 0 Å². The molecule has 1 aromatic rings. The third kappa shape index (κ3) is 2.33. The molecule has 4 heteroatoms. The number of aliphatic hydroxyl groups excluding tert-OH is 1. The second-order valence-electron chi connectivity index (χ2n) is 4.43. The lowest BCUT2D eigenvalue weighted by atomic mass is 10.0. The molecule has 1 aromatic heterocycles. The average molecular weight is 222 g/mol. The number of aromatic nitrogens is 1. The summed E-state index contributed by atoms with van der Waals surface area (Å²) in [5.41, 5.74) is 0.898. The first kappa shape index (κ1) is 11.4. The van der Waals surface area contributed by atoms with E-state index < -0.39 is 6.10 Å². The standard InChI is InChI=1S/C12H18N2O2/c1-10(15)12(13-6-2-3-7-13)11-5-4-8-14(16)9-11/h4-5,8-10,12,15H,2-3,6-7H2,1H3/t10-,12-/m1/s1. The van der Waals surface area contributed by atoms with Crippen molar-refractivity contribution in [2.75, 3.05) is 13.1 Å². The van der Waals surface area contributed by atoms with E-state index in [-0.39, 0.29) is 6.04 Å². The topological polar surface area (TPSA) is 50.4 Å². The Morgan fingerprint density at radius 3 is 2.69 bits per heavy atom. The molecule has 0 saturated carbocycles. The van der Waals surface area contributed by atoms with Gasteiger partial charge >= 0.3 is 0 Å². The summed E-state index contributed by atoms with van der Waals surface area (Å²) in [5, 5.41) is 21.1. The van der Waals surface area contributed by atoms with E-state index in [4.69, 9.17) is 0 Å². The monoisotopic (exact) mass is 222 g/mol. The number of nitrogens with zero attached hydrogens (tertiary/aromatic N) is 2. The van der Waals surface area contributed by atoms with Gasteiger partial charge < -0.3 is 10.3 Å². The molecule has 0 radical (unpaired) electrons. The van der Waals surface area contributed by atoms with Gasteiger partial charge in [0, 0.05) is 11.6 Å². The van der Waals surface area contributed by atoms with Crippen LogP contribution in [0.25, 0.3) is 0 Å². The molecule has 1 fully saturated rings. The molecule has 0 aromatic carbocycles. The van der Waals surface area contributed by atoms with Crippen molar-refractivity contribution in [3.63, 3.8) is 0 Å². The quantitative estimate of drug-likeness (QED) is 0.609. The smallest absolute Gasteiger partial charge is 0.185 e. The first-order chi connectivity index (χ1) is 7.68. The van der Waals surface area contributed by atoms with Crippen LogP contribution in [0.3, 0.4) is 0 Å². The van der Waals surface area contributed by atoms with Crippen LogP contribution in [0.2, 0.25) is 0 Å². The van der Waals surface area contributed by atoms with Crippen LogP contribution in [0, 0.1) is 5.21 Å². The van der Waals surface area contributed by atoms with Crippen LogP contribution in [0.1, 0.15) is 31.4 Å². The van der Waals surface area contributed by atoms with E-state index in [0.717, 1.165) is 23.4 Å². The van der Waals surface area contributed by atoms with Crippen molar-refractivity contribution in [1.82, 2.24) is 4.90 Å². The molecule has 0 spiro atoms. The highest BCUT2D eigenvalue weighted by Crippen LogP contribution is 2.27. The Balaban J connectivity index is 2.24. The maximum Gasteiger partial charge on any atom is 0.185 e. The number of rotatable bonds is 3. The molecule has 0 bridgehead atoms. The van der Waals surface area contributed by atoms with Crippen LogP contribution in [0.15, 0.2) is 24.5 Å². The maximum absolute atomic E-state index is 11.2. The Morgan fingerprint density at radius 2 is 2.12 bits per heavy atom. The van der Waals surface area contributed by atoms with E-state index in [9.17, 15) is 10.3 Å². The molecule has 4 nitrogen and oxygen atoms in total. The van der Waals surface area contributed by atoms with Crippen LogP contribution < -0.4 is 4.73 Å². The molecular weight excluding hydrogens is 204 g/mol. The largest absolute Gasteiger partial charge is 0.619 e. The minimum absolute atomic E-state index is 0.0519. The molecule has 2 atom stereocenters. The van der Waals surface area contributed by atoms with E-state index in [1.54, 1.807) is 19.2 Å². The van der Waals surface area contributed by atoms with Crippen molar-refractivity contribution >= 4 is 0 Å². The summed E-state index contributed by atoms with van der Waals surface area (Å²) in [4.78, 5) is 2.25. The van der Waals surface area contributed by atoms with Crippen LogP contribution in [0.5, 0.6) is 0 Å². The van der Waals surface area contributed by atoms with Gasteiger partial charge in [0.05, 0.1) is 12.1 Å². The molecule has 1 saturated heterocycles. The van der Waals surface area contributed by atoms with Gasteiger partial charge in [0.25, 0.3) is 0 Å². The SMILES string of the molecule is C[C@@H](O)[C@H](c1ccc[n+]([O-])c1)N1CCCC1. The Morgan fingerprint density at radius 1 is 1.44 bits per heavy atom. The second kappa shape index (κ2) is 4.80. The molecule has 88 valence electrons.